The van der Waals surface area contributed by atoms with Crippen molar-refractivity contribution in [2.45, 2.75) is 19.8 Å². The standard InChI is InChI=1S/C14H19FN6O2S/c1-9-8-10(5-6-11(9)15)18-14(19-22)13-12(20-23-21-13)4-3-7-24(2,16)17/h5-6,8,16-17,22H,3-4,7H2,1-2H3,(H,18,19). The van der Waals surface area contributed by atoms with Gasteiger partial charge in [-0.3, -0.25) is 20.2 Å². The van der Waals surface area contributed by atoms with Crippen molar-refractivity contribution in [3.8, 4) is 0 Å². The molecule has 2 aromatic rings. The van der Waals surface area contributed by atoms with Gasteiger partial charge in [-0.1, -0.05) is 14.8 Å². The summed E-state index contributed by atoms with van der Waals surface area (Å²) >= 11 is 0. The van der Waals surface area contributed by atoms with E-state index >= 15 is 0 Å². The van der Waals surface area contributed by atoms with Crippen LogP contribution in [0.3, 0.4) is 0 Å². The summed E-state index contributed by atoms with van der Waals surface area (Å²) < 4.78 is 33.2. The van der Waals surface area contributed by atoms with Gasteiger partial charge in [0, 0.05) is 12.0 Å². The molecule has 0 saturated carbocycles. The second-order valence-corrected chi connectivity index (χ2v) is 8.04. The molecule has 0 radical (unpaired) electrons. The summed E-state index contributed by atoms with van der Waals surface area (Å²) in [6.07, 6.45) is 2.62. The third-order valence-electron chi connectivity index (χ3n) is 3.24. The molecule has 0 amide bonds. The van der Waals surface area contributed by atoms with Gasteiger partial charge < -0.3 is 0 Å². The summed E-state index contributed by atoms with van der Waals surface area (Å²) in [5.41, 5.74) is 3.54. The first-order chi connectivity index (χ1) is 11.3. The number of aliphatic imine (C=N–C) groups is 1. The first kappa shape index (κ1) is 18.0. The maximum Gasteiger partial charge on any atom is 0.181 e. The molecular weight excluding hydrogens is 335 g/mol. The lowest BCUT2D eigenvalue weighted by atomic mass is 10.2. The molecule has 0 aliphatic rings. The highest BCUT2D eigenvalue weighted by Crippen LogP contribution is 2.18. The van der Waals surface area contributed by atoms with E-state index in [0.29, 0.717) is 35.5 Å². The third kappa shape index (κ3) is 4.83. The predicted octanol–water partition coefficient (Wildman–Crippen LogP) is 2.82. The normalized spacial score (nSPS) is 12.4. The van der Waals surface area contributed by atoms with Gasteiger partial charge in [0.2, 0.25) is 0 Å². The van der Waals surface area contributed by atoms with Gasteiger partial charge in [-0.25, -0.2) is 14.0 Å². The fraction of sp³-hybridized carbons (Fsp3) is 0.357. The molecule has 4 N–H and O–H groups in total. The van der Waals surface area contributed by atoms with Crippen LogP contribution in [0.25, 0.3) is 0 Å². The van der Waals surface area contributed by atoms with E-state index in [1.165, 1.54) is 18.2 Å². The molecule has 1 aromatic carbocycles. The molecule has 0 spiro atoms. The van der Waals surface area contributed by atoms with Crippen molar-refractivity contribution in [2.75, 3.05) is 12.0 Å². The van der Waals surface area contributed by atoms with Crippen LogP contribution in [0.4, 0.5) is 10.1 Å². The number of hydrogen-bond acceptors (Lipinski definition) is 7. The van der Waals surface area contributed by atoms with Crippen molar-refractivity contribution >= 4 is 21.1 Å². The Hall–Kier alpha value is -2.33. The van der Waals surface area contributed by atoms with E-state index in [4.69, 9.17) is 14.2 Å². The smallest absolute Gasteiger partial charge is 0.181 e. The van der Waals surface area contributed by atoms with Gasteiger partial charge >= 0.3 is 0 Å². The maximum atomic E-state index is 13.3. The topological polar surface area (TPSA) is 131 Å². The minimum Gasteiger partial charge on any atom is -0.290 e. The number of benzene rings is 1. The molecule has 8 nitrogen and oxygen atoms in total. The summed E-state index contributed by atoms with van der Waals surface area (Å²) in [7, 11) is -2.08. The van der Waals surface area contributed by atoms with Crippen molar-refractivity contribution in [1.82, 2.24) is 15.8 Å². The van der Waals surface area contributed by atoms with Crippen LogP contribution >= 0.6 is 0 Å². The second kappa shape index (κ2) is 7.49. The van der Waals surface area contributed by atoms with E-state index in [-0.39, 0.29) is 17.3 Å². The Kier molecular flexibility index (Phi) is 5.62. The summed E-state index contributed by atoms with van der Waals surface area (Å²) in [4.78, 5) is 4.20. The highest BCUT2D eigenvalue weighted by atomic mass is 32.2. The number of aryl methyl sites for hydroxylation is 2. The van der Waals surface area contributed by atoms with E-state index in [2.05, 4.69) is 15.3 Å². The van der Waals surface area contributed by atoms with Crippen LogP contribution in [0, 0.1) is 22.3 Å². The fourth-order valence-electron chi connectivity index (χ4n) is 2.04. The van der Waals surface area contributed by atoms with Gasteiger partial charge in [0.25, 0.3) is 0 Å². The summed E-state index contributed by atoms with van der Waals surface area (Å²) in [6.45, 7) is 1.62. The molecule has 0 atom stereocenters. The Morgan fingerprint density at radius 3 is 2.79 bits per heavy atom. The lowest BCUT2D eigenvalue weighted by Gasteiger charge is -2.05. The lowest BCUT2D eigenvalue weighted by Crippen LogP contribution is -2.22. The lowest BCUT2D eigenvalue weighted by molar-refractivity contribution is 0.234. The first-order valence-corrected chi connectivity index (χ1v) is 9.33. The van der Waals surface area contributed by atoms with Crippen LogP contribution < -0.4 is 5.48 Å². The Bertz CT molecular complexity index is 847. The number of halogens is 1. The highest BCUT2D eigenvalue weighted by Gasteiger charge is 2.16. The summed E-state index contributed by atoms with van der Waals surface area (Å²) in [5, 5.41) is 16.9. The average Bonchev–Trinajstić information content (AvgIpc) is 2.95. The first-order valence-electron chi connectivity index (χ1n) is 7.12. The molecule has 2 rings (SSSR count). The van der Waals surface area contributed by atoms with Crippen molar-refractivity contribution < 1.29 is 14.2 Å². The van der Waals surface area contributed by atoms with Crippen molar-refractivity contribution in [3.63, 3.8) is 0 Å². The average molecular weight is 354 g/mol. The van der Waals surface area contributed by atoms with Crippen molar-refractivity contribution in [1.29, 1.82) is 9.56 Å². The van der Waals surface area contributed by atoms with E-state index in [9.17, 15) is 9.60 Å². The largest absolute Gasteiger partial charge is 0.290 e. The van der Waals surface area contributed by atoms with Gasteiger partial charge in [0.05, 0.1) is 5.69 Å². The second-order valence-electron chi connectivity index (χ2n) is 5.46. The molecule has 10 heteroatoms. The van der Waals surface area contributed by atoms with Gasteiger partial charge in [-0.05, 0) is 48.7 Å². The molecule has 0 fully saturated rings. The zero-order chi connectivity index (χ0) is 17.7. The fourth-order valence-corrected chi connectivity index (χ4v) is 2.76. The van der Waals surface area contributed by atoms with Gasteiger partial charge in [0.15, 0.2) is 11.5 Å². The minimum atomic E-state index is -2.08. The minimum absolute atomic E-state index is 0.0316. The Morgan fingerprint density at radius 2 is 2.17 bits per heavy atom. The van der Waals surface area contributed by atoms with Crippen LogP contribution in [0.5, 0.6) is 0 Å². The molecule has 0 bridgehead atoms. The van der Waals surface area contributed by atoms with Crippen LogP contribution in [0.1, 0.15) is 23.4 Å². The van der Waals surface area contributed by atoms with E-state index in [0.717, 1.165) is 0 Å². The van der Waals surface area contributed by atoms with Crippen molar-refractivity contribution in [2.24, 2.45) is 4.99 Å². The molecular formula is C14H19FN6O2S. The molecule has 0 aliphatic heterocycles. The van der Waals surface area contributed by atoms with E-state index in [1.807, 2.05) is 5.48 Å². The Labute approximate surface area is 139 Å². The molecule has 0 aliphatic carbocycles. The van der Waals surface area contributed by atoms with Crippen LogP contribution in [-0.4, -0.2) is 33.4 Å². The number of hydrogen-bond donors (Lipinski definition) is 4. The number of nitrogens with zero attached hydrogens (tertiary/aromatic N) is 3. The number of rotatable bonds is 6. The summed E-state index contributed by atoms with van der Waals surface area (Å²) in [6, 6.07) is 4.30. The molecule has 0 unspecified atom stereocenters. The van der Waals surface area contributed by atoms with Crippen LogP contribution in [0.15, 0.2) is 27.8 Å². The third-order valence-corrected chi connectivity index (χ3v) is 4.34. The number of amidine groups is 1. The highest BCUT2D eigenvalue weighted by molar-refractivity contribution is 7.92. The molecule has 1 heterocycles. The zero-order valence-electron chi connectivity index (χ0n) is 13.3. The predicted molar refractivity (Wildman–Crippen MR) is 88.5 cm³/mol. The molecule has 1 aromatic heterocycles. The molecule has 0 saturated heterocycles. The SMILES string of the molecule is Cc1cc(N=C(NO)c2nonc2CCCS(C)(=N)=N)ccc1F. The summed E-state index contributed by atoms with van der Waals surface area (Å²) in [5.74, 6) is 0.131. The Balaban J connectivity index is 2.23. The maximum absolute atomic E-state index is 13.3. The number of aromatic nitrogens is 2. The van der Waals surface area contributed by atoms with Gasteiger partial charge in [0.1, 0.15) is 11.5 Å². The van der Waals surface area contributed by atoms with E-state index < -0.39 is 9.62 Å². The Morgan fingerprint density at radius 1 is 1.42 bits per heavy atom. The monoisotopic (exact) mass is 354 g/mol. The molecule has 130 valence electrons. The van der Waals surface area contributed by atoms with Gasteiger partial charge in [-0.15, -0.1) is 0 Å². The van der Waals surface area contributed by atoms with Crippen LogP contribution in [0.2, 0.25) is 0 Å². The zero-order valence-corrected chi connectivity index (χ0v) is 14.2. The number of nitrogens with one attached hydrogen (secondary N) is 3. The quantitative estimate of drug-likeness (QED) is 0.360. The number of hydroxylamine groups is 1. The van der Waals surface area contributed by atoms with Crippen LogP contribution in [-0.2, 0) is 16.0 Å². The molecule has 24 heavy (non-hydrogen) atoms. The van der Waals surface area contributed by atoms with E-state index in [1.54, 1.807) is 13.2 Å². The van der Waals surface area contributed by atoms with Crippen molar-refractivity contribution in [3.05, 3.63) is 41.0 Å². The van der Waals surface area contributed by atoms with Gasteiger partial charge in [-0.2, -0.15) is 0 Å².